The van der Waals surface area contributed by atoms with E-state index in [1.165, 1.54) is 0 Å². The van der Waals surface area contributed by atoms with Crippen molar-refractivity contribution in [2.75, 3.05) is 13.2 Å². The molecule has 0 radical (unpaired) electrons. The van der Waals surface area contributed by atoms with Gasteiger partial charge in [-0.05, 0) is 44.9 Å². The molecule has 6 nitrogen and oxygen atoms in total. The van der Waals surface area contributed by atoms with Crippen molar-refractivity contribution in [3.63, 3.8) is 0 Å². The maximum absolute atomic E-state index is 12.5. The van der Waals surface area contributed by atoms with E-state index < -0.39 is 5.97 Å². The van der Waals surface area contributed by atoms with Crippen LogP contribution in [0.4, 0.5) is 4.79 Å². The summed E-state index contributed by atoms with van der Waals surface area (Å²) < 4.78 is 5.35. The van der Waals surface area contributed by atoms with E-state index in [1.54, 1.807) is 4.90 Å². The molecule has 2 N–H and O–H groups in total. The summed E-state index contributed by atoms with van der Waals surface area (Å²) in [6.07, 6.45) is 4.32. The first kappa shape index (κ1) is 14.6. The molecule has 4 atom stereocenters. The number of carboxylic acid groups (broad SMARTS) is 1. The van der Waals surface area contributed by atoms with Crippen molar-refractivity contribution in [3.05, 3.63) is 0 Å². The van der Waals surface area contributed by atoms with Gasteiger partial charge in [0.1, 0.15) is 0 Å². The van der Waals surface area contributed by atoms with Gasteiger partial charge in [-0.2, -0.15) is 0 Å². The summed E-state index contributed by atoms with van der Waals surface area (Å²) >= 11 is 0. The van der Waals surface area contributed by atoms with Gasteiger partial charge in [0.2, 0.25) is 0 Å². The first-order valence-corrected chi connectivity index (χ1v) is 7.97. The number of carboxylic acids is 1. The number of hydrogen-bond donors (Lipinski definition) is 2. The molecular formula is C15H24N2O4. The van der Waals surface area contributed by atoms with Crippen LogP contribution in [0.15, 0.2) is 0 Å². The van der Waals surface area contributed by atoms with Crippen LogP contribution in [-0.4, -0.2) is 53.3 Å². The Labute approximate surface area is 124 Å². The quantitative estimate of drug-likeness (QED) is 0.826. The highest BCUT2D eigenvalue weighted by atomic mass is 16.5. The second-order valence-corrected chi connectivity index (χ2v) is 6.57. The van der Waals surface area contributed by atoms with E-state index in [4.69, 9.17) is 4.74 Å². The molecule has 3 saturated heterocycles. The molecule has 118 valence electrons. The molecule has 4 unspecified atom stereocenters. The van der Waals surface area contributed by atoms with Crippen LogP contribution in [-0.2, 0) is 9.53 Å². The zero-order valence-corrected chi connectivity index (χ0v) is 12.5. The van der Waals surface area contributed by atoms with Gasteiger partial charge in [-0.15, -0.1) is 0 Å². The fourth-order valence-corrected chi connectivity index (χ4v) is 4.17. The molecule has 3 rings (SSSR count). The Balaban J connectivity index is 1.59. The Bertz CT molecular complexity index is 422. The molecule has 6 heteroatoms. The number of nitrogens with one attached hydrogen (secondary N) is 1. The lowest BCUT2D eigenvalue weighted by molar-refractivity contribution is -0.142. The van der Waals surface area contributed by atoms with Crippen LogP contribution in [0.5, 0.6) is 0 Å². The summed E-state index contributed by atoms with van der Waals surface area (Å²) in [6.45, 7) is 3.57. The molecule has 3 fully saturated rings. The fraction of sp³-hybridized carbons (Fsp3) is 0.867. The van der Waals surface area contributed by atoms with Gasteiger partial charge in [0.15, 0.2) is 0 Å². The molecule has 0 aromatic carbocycles. The number of amides is 2. The standard InChI is InChI=1S/C15H24N2O4/c1-9(10-4-6-21-7-5-10)16-15(20)17-11-2-3-13(17)12(8-11)14(18)19/h9-13H,2-8H2,1H3,(H,16,20)(H,18,19). The van der Waals surface area contributed by atoms with Crippen LogP contribution in [0.3, 0.4) is 0 Å². The molecular weight excluding hydrogens is 272 g/mol. The third-order valence-electron chi connectivity index (χ3n) is 5.41. The van der Waals surface area contributed by atoms with Crippen LogP contribution < -0.4 is 5.32 Å². The van der Waals surface area contributed by atoms with Gasteiger partial charge in [-0.3, -0.25) is 4.79 Å². The predicted molar refractivity (Wildman–Crippen MR) is 75.9 cm³/mol. The van der Waals surface area contributed by atoms with Crippen LogP contribution in [0.2, 0.25) is 0 Å². The van der Waals surface area contributed by atoms with Crippen LogP contribution in [0, 0.1) is 11.8 Å². The monoisotopic (exact) mass is 296 g/mol. The highest BCUT2D eigenvalue weighted by Crippen LogP contribution is 2.41. The summed E-state index contributed by atoms with van der Waals surface area (Å²) in [7, 11) is 0. The van der Waals surface area contributed by atoms with Gasteiger partial charge in [0.05, 0.1) is 5.92 Å². The van der Waals surface area contributed by atoms with Crippen molar-refractivity contribution in [1.29, 1.82) is 0 Å². The number of ether oxygens (including phenoxy) is 1. The Hall–Kier alpha value is -1.30. The van der Waals surface area contributed by atoms with Gasteiger partial charge in [-0.1, -0.05) is 0 Å². The van der Waals surface area contributed by atoms with Crippen LogP contribution >= 0.6 is 0 Å². The summed E-state index contributed by atoms with van der Waals surface area (Å²) in [4.78, 5) is 25.6. The predicted octanol–water partition coefficient (Wildman–Crippen LogP) is 1.45. The lowest BCUT2D eigenvalue weighted by Gasteiger charge is -2.31. The number of urea groups is 1. The van der Waals surface area contributed by atoms with E-state index in [0.717, 1.165) is 38.9 Å². The fourth-order valence-electron chi connectivity index (χ4n) is 4.17. The molecule has 0 aromatic rings. The number of fused-ring (bicyclic) bond motifs is 2. The highest BCUT2D eigenvalue weighted by molar-refractivity contribution is 5.79. The van der Waals surface area contributed by atoms with Gasteiger partial charge < -0.3 is 20.1 Å². The van der Waals surface area contributed by atoms with Crippen molar-refractivity contribution in [3.8, 4) is 0 Å². The Kier molecular flexibility index (Phi) is 4.06. The van der Waals surface area contributed by atoms with Crippen LogP contribution in [0.25, 0.3) is 0 Å². The minimum Gasteiger partial charge on any atom is -0.481 e. The lowest BCUT2D eigenvalue weighted by Crippen LogP contribution is -2.49. The van der Waals surface area contributed by atoms with Crippen molar-refractivity contribution in [2.24, 2.45) is 11.8 Å². The van der Waals surface area contributed by atoms with Crippen molar-refractivity contribution < 1.29 is 19.4 Å². The molecule has 2 bridgehead atoms. The molecule has 2 amide bonds. The Morgan fingerprint density at radius 2 is 1.95 bits per heavy atom. The van der Waals surface area contributed by atoms with Gasteiger partial charge in [-0.25, -0.2) is 4.79 Å². The zero-order valence-electron chi connectivity index (χ0n) is 12.5. The van der Waals surface area contributed by atoms with Crippen LogP contribution in [0.1, 0.15) is 39.0 Å². The first-order valence-electron chi connectivity index (χ1n) is 7.97. The topological polar surface area (TPSA) is 78.9 Å². The molecule has 21 heavy (non-hydrogen) atoms. The lowest BCUT2D eigenvalue weighted by atomic mass is 9.89. The van der Waals surface area contributed by atoms with Crippen molar-refractivity contribution in [2.45, 2.75) is 57.2 Å². The molecule has 0 aromatic heterocycles. The van der Waals surface area contributed by atoms with Crippen molar-refractivity contribution in [1.82, 2.24) is 10.2 Å². The second kappa shape index (κ2) is 5.83. The SMILES string of the molecule is CC(NC(=O)N1C2CCC1C(C(=O)O)C2)C1CCOCC1. The largest absolute Gasteiger partial charge is 0.481 e. The van der Waals surface area contributed by atoms with Gasteiger partial charge in [0.25, 0.3) is 0 Å². The number of rotatable bonds is 3. The highest BCUT2D eigenvalue weighted by Gasteiger charge is 2.51. The van der Waals surface area contributed by atoms with E-state index in [2.05, 4.69) is 5.32 Å². The summed E-state index contributed by atoms with van der Waals surface area (Å²) in [6, 6.07) is 0.0299. The third kappa shape index (κ3) is 2.73. The van der Waals surface area contributed by atoms with E-state index in [9.17, 15) is 14.7 Å². The maximum Gasteiger partial charge on any atom is 0.318 e. The van der Waals surface area contributed by atoms with Gasteiger partial charge >= 0.3 is 12.0 Å². The zero-order chi connectivity index (χ0) is 15.0. The maximum atomic E-state index is 12.5. The minimum absolute atomic E-state index is 0.0785. The molecule has 0 aliphatic carbocycles. The molecule has 0 spiro atoms. The smallest absolute Gasteiger partial charge is 0.318 e. The first-order chi connectivity index (χ1) is 10.1. The minimum atomic E-state index is -0.766. The normalized spacial score (nSPS) is 34.0. The second-order valence-electron chi connectivity index (χ2n) is 6.57. The Morgan fingerprint density at radius 1 is 1.24 bits per heavy atom. The average molecular weight is 296 g/mol. The Morgan fingerprint density at radius 3 is 2.57 bits per heavy atom. The van der Waals surface area contributed by atoms with Crippen molar-refractivity contribution >= 4 is 12.0 Å². The molecule has 3 heterocycles. The summed E-state index contributed by atoms with van der Waals surface area (Å²) in [5.41, 5.74) is 0. The third-order valence-corrected chi connectivity index (χ3v) is 5.41. The molecule has 3 aliphatic heterocycles. The number of hydrogen-bond acceptors (Lipinski definition) is 3. The number of nitrogens with zero attached hydrogens (tertiary/aromatic N) is 1. The van der Waals surface area contributed by atoms with E-state index in [1.807, 2.05) is 6.92 Å². The number of aliphatic carboxylic acids is 1. The summed E-state index contributed by atoms with van der Waals surface area (Å²) in [5, 5.41) is 12.3. The molecule has 3 aliphatic rings. The average Bonchev–Trinajstić information content (AvgIpc) is 3.05. The number of carbonyl (C=O) groups is 2. The number of carbonyl (C=O) groups excluding carboxylic acids is 1. The van der Waals surface area contributed by atoms with E-state index in [0.29, 0.717) is 12.3 Å². The van der Waals surface area contributed by atoms with E-state index >= 15 is 0 Å². The van der Waals surface area contributed by atoms with Gasteiger partial charge in [0, 0.05) is 31.3 Å². The summed E-state index contributed by atoms with van der Waals surface area (Å²) in [5.74, 6) is -0.691. The molecule has 0 saturated carbocycles. The van der Waals surface area contributed by atoms with E-state index in [-0.39, 0.29) is 30.1 Å².